The largest absolute Gasteiger partial charge is 0.493 e. The topological polar surface area (TPSA) is 63.2 Å². The van der Waals surface area contributed by atoms with E-state index in [1.807, 2.05) is 24.3 Å². The molecule has 1 aliphatic rings. The van der Waals surface area contributed by atoms with Crippen LogP contribution in [0, 0.1) is 0 Å². The molecule has 0 unspecified atom stereocenters. The van der Waals surface area contributed by atoms with Gasteiger partial charge in [-0.2, -0.15) is 0 Å². The van der Waals surface area contributed by atoms with E-state index in [0.29, 0.717) is 34.1 Å². The van der Waals surface area contributed by atoms with Crippen molar-refractivity contribution < 1.29 is 28.5 Å². The number of Topliss-reactive ketones (excluding diaryl/α,β-unsaturated/α-hetero) is 1. The Morgan fingerprint density at radius 2 is 1.17 bits per heavy atom. The number of carbonyl (C=O) groups excluding carboxylic acids is 1. The Morgan fingerprint density at radius 1 is 0.724 bits per heavy atom. The van der Waals surface area contributed by atoms with E-state index in [0.717, 1.165) is 11.1 Å². The van der Waals surface area contributed by atoms with Gasteiger partial charge in [-0.15, -0.1) is 0 Å². The fraction of sp³-hybridized carbons (Fsp3) is 0.261. The Balaban J connectivity index is 1.98. The highest BCUT2D eigenvalue weighted by atomic mass is 16.5. The Kier molecular flexibility index (Phi) is 6.57. The van der Waals surface area contributed by atoms with Gasteiger partial charge in [-0.3, -0.25) is 4.79 Å². The first-order valence-electron chi connectivity index (χ1n) is 9.08. The van der Waals surface area contributed by atoms with E-state index < -0.39 is 0 Å². The lowest BCUT2D eigenvalue weighted by atomic mass is 9.97. The van der Waals surface area contributed by atoms with Crippen LogP contribution in [-0.4, -0.2) is 47.4 Å². The van der Waals surface area contributed by atoms with Gasteiger partial charge in [0, 0.05) is 22.3 Å². The van der Waals surface area contributed by atoms with Gasteiger partial charge in [0.1, 0.15) is 0 Å². The van der Waals surface area contributed by atoms with Crippen LogP contribution in [0.1, 0.15) is 11.1 Å². The van der Waals surface area contributed by atoms with Crippen molar-refractivity contribution in [1.82, 2.24) is 0 Å². The summed E-state index contributed by atoms with van der Waals surface area (Å²) < 4.78 is 27.2. The Morgan fingerprint density at radius 3 is 1.55 bits per heavy atom. The quantitative estimate of drug-likeness (QED) is 0.693. The fourth-order valence-electron chi connectivity index (χ4n) is 3.25. The predicted molar refractivity (Wildman–Crippen MR) is 111 cm³/mol. The molecule has 0 bridgehead atoms. The molecule has 0 saturated carbocycles. The van der Waals surface area contributed by atoms with Gasteiger partial charge in [0.25, 0.3) is 0 Å². The van der Waals surface area contributed by atoms with E-state index in [1.165, 1.54) is 0 Å². The minimum absolute atomic E-state index is 0.0778. The van der Waals surface area contributed by atoms with Crippen molar-refractivity contribution in [3.05, 3.63) is 58.7 Å². The normalized spacial score (nSPS) is 16.8. The van der Waals surface area contributed by atoms with Crippen LogP contribution in [0.3, 0.4) is 0 Å². The van der Waals surface area contributed by atoms with Crippen LogP contribution < -0.4 is 18.9 Å². The van der Waals surface area contributed by atoms with Gasteiger partial charge in [0.2, 0.25) is 0 Å². The molecule has 0 spiro atoms. The smallest absolute Gasteiger partial charge is 0.189 e. The van der Waals surface area contributed by atoms with Crippen molar-refractivity contribution in [3.63, 3.8) is 0 Å². The maximum absolute atomic E-state index is 13.1. The lowest BCUT2D eigenvalue weighted by Gasteiger charge is -2.19. The van der Waals surface area contributed by atoms with Gasteiger partial charge in [-0.1, -0.05) is 24.3 Å². The number of ketones is 1. The highest BCUT2D eigenvalue weighted by Crippen LogP contribution is 2.35. The Hall–Kier alpha value is -3.25. The SMILES string of the molecule is COc1cccc(C=C2COCC(=Cc3cccc(OC)c3OC)C2=O)c1OC. The van der Waals surface area contributed by atoms with E-state index in [1.54, 1.807) is 52.7 Å². The molecule has 0 atom stereocenters. The van der Waals surface area contributed by atoms with Crippen LogP contribution in [0.4, 0.5) is 0 Å². The van der Waals surface area contributed by atoms with Crippen LogP contribution in [0.2, 0.25) is 0 Å². The summed E-state index contributed by atoms with van der Waals surface area (Å²) in [6.07, 6.45) is 3.55. The Labute approximate surface area is 170 Å². The zero-order valence-electron chi connectivity index (χ0n) is 17.0. The molecule has 1 saturated heterocycles. The second-order valence-electron chi connectivity index (χ2n) is 6.33. The van der Waals surface area contributed by atoms with Gasteiger partial charge < -0.3 is 23.7 Å². The first-order valence-corrected chi connectivity index (χ1v) is 9.08. The summed E-state index contributed by atoms with van der Waals surface area (Å²) in [6.45, 7) is 0.456. The van der Waals surface area contributed by atoms with E-state index in [9.17, 15) is 4.79 Å². The molecule has 29 heavy (non-hydrogen) atoms. The van der Waals surface area contributed by atoms with E-state index in [4.69, 9.17) is 23.7 Å². The van der Waals surface area contributed by atoms with Crippen molar-refractivity contribution in [2.24, 2.45) is 0 Å². The summed E-state index contributed by atoms with van der Waals surface area (Å²) in [7, 11) is 6.29. The summed E-state index contributed by atoms with van der Waals surface area (Å²) in [5, 5.41) is 0. The molecule has 1 heterocycles. The highest BCUT2D eigenvalue weighted by Gasteiger charge is 2.23. The number of rotatable bonds is 6. The van der Waals surface area contributed by atoms with Crippen molar-refractivity contribution in [2.45, 2.75) is 0 Å². The van der Waals surface area contributed by atoms with Crippen molar-refractivity contribution >= 4 is 17.9 Å². The second kappa shape index (κ2) is 9.30. The van der Waals surface area contributed by atoms with Crippen LogP contribution in [0.15, 0.2) is 47.5 Å². The third-order valence-corrected chi connectivity index (χ3v) is 4.62. The van der Waals surface area contributed by atoms with Gasteiger partial charge >= 0.3 is 0 Å². The standard InChI is InChI=1S/C23H24O6/c1-25-19-9-5-7-15(22(19)27-3)11-17-13-29-14-18(21(17)24)12-16-8-6-10-20(26-2)23(16)28-4/h5-12H,13-14H2,1-4H3. The van der Waals surface area contributed by atoms with E-state index in [2.05, 4.69) is 0 Å². The zero-order valence-corrected chi connectivity index (χ0v) is 17.0. The van der Waals surface area contributed by atoms with Crippen LogP contribution in [-0.2, 0) is 9.53 Å². The lowest BCUT2D eigenvalue weighted by Crippen LogP contribution is -2.22. The number of ether oxygens (including phenoxy) is 5. The zero-order chi connectivity index (χ0) is 20.8. The molecule has 6 heteroatoms. The first kappa shape index (κ1) is 20.5. The molecule has 0 aromatic heterocycles. The molecule has 1 fully saturated rings. The summed E-state index contributed by atoms with van der Waals surface area (Å²) >= 11 is 0. The predicted octanol–water partition coefficient (Wildman–Crippen LogP) is 3.79. The summed E-state index contributed by atoms with van der Waals surface area (Å²) in [5.41, 5.74) is 2.57. The molecular weight excluding hydrogens is 372 g/mol. The monoisotopic (exact) mass is 396 g/mol. The highest BCUT2D eigenvalue weighted by molar-refractivity contribution is 6.14. The minimum Gasteiger partial charge on any atom is -0.493 e. The second-order valence-corrected chi connectivity index (χ2v) is 6.33. The van der Waals surface area contributed by atoms with Gasteiger partial charge in [-0.25, -0.2) is 0 Å². The number of hydrogen-bond acceptors (Lipinski definition) is 6. The molecule has 2 aromatic carbocycles. The maximum Gasteiger partial charge on any atom is 0.189 e. The van der Waals surface area contributed by atoms with Crippen molar-refractivity contribution in [3.8, 4) is 23.0 Å². The van der Waals surface area contributed by atoms with Crippen LogP contribution in [0.5, 0.6) is 23.0 Å². The van der Waals surface area contributed by atoms with Crippen LogP contribution in [0.25, 0.3) is 12.2 Å². The van der Waals surface area contributed by atoms with Gasteiger partial charge in [0.05, 0.1) is 41.7 Å². The molecule has 6 nitrogen and oxygen atoms in total. The van der Waals surface area contributed by atoms with Crippen molar-refractivity contribution in [2.75, 3.05) is 41.7 Å². The average Bonchev–Trinajstić information content (AvgIpc) is 2.75. The van der Waals surface area contributed by atoms with Crippen molar-refractivity contribution in [1.29, 1.82) is 0 Å². The third-order valence-electron chi connectivity index (χ3n) is 4.62. The van der Waals surface area contributed by atoms with Gasteiger partial charge in [0.15, 0.2) is 28.8 Å². The third kappa shape index (κ3) is 4.27. The maximum atomic E-state index is 13.1. The number of para-hydroxylation sites is 2. The molecule has 0 radical (unpaired) electrons. The van der Waals surface area contributed by atoms with Gasteiger partial charge in [-0.05, 0) is 24.3 Å². The van der Waals surface area contributed by atoms with E-state index in [-0.39, 0.29) is 19.0 Å². The molecule has 2 aromatic rings. The molecular formula is C23H24O6. The number of carbonyl (C=O) groups is 1. The first-order chi connectivity index (χ1) is 14.1. The number of methoxy groups -OCH3 is 4. The molecule has 0 N–H and O–H groups in total. The van der Waals surface area contributed by atoms with E-state index >= 15 is 0 Å². The van der Waals surface area contributed by atoms with Crippen LogP contribution >= 0.6 is 0 Å². The fourth-order valence-corrected chi connectivity index (χ4v) is 3.25. The average molecular weight is 396 g/mol. The molecule has 0 amide bonds. The molecule has 3 rings (SSSR count). The molecule has 152 valence electrons. The number of hydrogen-bond donors (Lipinski definition) is 0. The summed E-state index contributed by atoms with van der Waals surface area (Å²) in [5.74, 6) is 2.26. The molecule has 0 aliphatic carbocycles. The number of benzene rings is 2. The Bertz CT molecular complexity index is 882. The summed E-state index contributed by atoms with van der Waals surface area (Å²) in [6, 6.07) is 11.0. The molecule has 1 aliphatic heterocycles. The lowest BCUT2D eigenvalue weighted by molar-refractivity contribution is -0.114. The summed E-state index contributed by atoms with van der Waals surface area (Å²) in [4.78, 5) is 13.1. The minimum atomic E-state index is -0.0778.